The zero-order chi connectivity index (χ0) is 14.5. The van der Waals surface area contributed by atoms with Crippen molar-refractivity contribution in [3.63, 3.8) is 0 Å². The smallest absolute Gasteiger partial charge is 0.239 e. The number of likely N-dealkylation sites (N-methyl/N-ethyl adjacent to an activating group) is 1. The predicted molar refractivity (Wildman–Crippen MR) is 93.4 cm³/mol. The lowest BCUT2D eigenvalue weighted by atomic mass is 10.1. The Hall–Kier alpha value is -0.910. The van der Waals surface area contributed by atoms with Gasteiger partial charge in [-0.3, -0.25) is 4.79 Å². The molecular formula is C15H24ClN3OS. The Morgan fingerprint density at radius 1 is 1.38 bits per heavy atom. The van der Waals surface area contributed by atoms with Gasteiger partial charge >= 0.3 is 0 Å². The van der Waals surface area contributed by atoms with Crippen LogP contribution in [0.25, 0.3) is 0 Å². The highest BCUT2D eigenvalue weighted by atomic mass is 35.5. The van der Waals surface area contributed by atoms with Crippen LogP contribution in [0.2, 0.25) is 0 Å². The molecule has 1 aromatic carbocycles. The zero-order valence-corrected chi connectivity index (χ0v) is 14.3. The van der Waals surface area contributed by atoms with Gasteiger partial charge in [0.05, 0.1) is 6.04 Å². The minimum atomic E-state index is -0.377. The summed E-state index contributed by atoms with van der Waals surface area (Å²) in [7, 11) is 2.07. The van der Waals surface area contributed by atoms with Crippen molar-refractivity contribution in [2.75, 3.05) is 37.0 Å². The van der Waals surface area contributed by atoms with Gasteiger partial charge in [-0.2, -0.15) is 11.8 Å². The molecule has 0 radical (unpaired) electrons. The fourth-order valence-corrected chi connectivity index (χ4v) is 2.97. The Kier molecular flexibility index (Phi) is 7.35. The molecule has 4 nitrogen and oxygen atoms in total. The average molecular weight is 330 g/mol. The molecule has 1 aromatic rings. The molecule has 0 unspecified atom stereocenters. The van der Waals surface area contributed by atoms with Gasteiger partial charge in [-0.15, -0.1) is 12.4 Å². The molecule has 2 rings (SSSR count). The summed E-state index contributed by atoms with van der Waals surface area (Å²) in [6.07, 6.45) is 2.78. The topological polar surface area (TPSA) is 49.6 Å². The number of halogens is 1. The van der Waals surface area contributed by atoms with Crippen molar-refractivity contribution >= 4 is 35.8 Å². The number of benzene rings is 1. The normalized spacial score (nSPS) is 15.8. The number of anilines is 1. The number of hydrogen-bond acceptors (Lipinski definition) is 4. The number of para-hydroxylation sites is 1. The first-order valence-electron chi connectivity index (χ1n) is 6.96. The number of fused-ring (bicyclic) bond motifs is 1. The fourth-order valence-electron chi connectivity index (χ4n) is 2.48. The number of rotatable bonds is 4. The lowest BCUT2D eigenvalue weighted by molar-refractivity contribution is -0.133. The second-order valence-corrected chi connectivity index (χ2v) is 6.18. The standard InChI is InChI=1S/C15H23N3OS.ClH/c1-17-8-9-18(15(19)13(16)7-10-20-2)11-12-5-3-4-6-14(12)17;/h3-6,13H,7-11,16H2,1-2H3;1H/t13-;/m0./s1. The quantitative estimate of drug-likeness (QED) is 0.917. The van der Waals surface area contributed by atoms with Gasteiger partial charge in [-0.1, -0.05) is 18.2 Å². The summed E-state index contributed by atoms with van der Waals surface area (Å²) in [5.41, 5.74) is 8.42. The molecule has 0 spiro atoms. The van der Waals surface area contributed by atoms with E-state index in [0.29, 0.717) is 6.54 Å². The lowest BCUT2D eigenvalue weighted by Gasteiger charge is -2.24. The SMILES string of the molecule is CSCC[C@H](N)C(=O)N1CCN(C)c2ccccc2C1.Cl. The summed E-state index contributed by atoms with van der Waals surface area (Å²) in [4.78, 5) is 16.5. The van der Waals surface area contributed by atoms with E-state index in [1.54, 1.807) is 11.8 Å². The Morgan fingerprint density at radius 3 is 2.81 bits per heavy atom. The Labute approximate surface area is 137 Å². The third kappa shape index (κ3) is 4.53. The van der Waals surface area contributed by atoms with E-state index >= 15 is 0 Å². The van der Waals surface area contributed by atoms with Crippen LogP contribution < -0.4 is 10.6 Å². The molecule has 0 saturated heterocycles. The zero-order valence-electron chi connectivity index (χ0n) is 12.6. The molecular weight excluding hydrogens is 306 g/mol. The number of carbonyl (C=O) groups is 1. The molecule has 0 aromatic heterocycles. The van der Waals surface area contributed by atoms with Gasteiger partial charge in [0.25, 0.3) is 0 Å². The van der Waals surface area contributed by atoms with Crippen LogP contribution in [0.1, 0.15) is 12.0 Å². The molecule has 1 aliphatic heterocycles. The van der Waals surface area contributed by atoms with Gasteiger partial charge in [0, 0.05) is 32.4 Å². The van der Waals surface area contributed by atoms with Crippen molar-refractivity contribution in [2.45, 2.75) is 19.0 Å². The molecule has 0 aliphatic carbocycles. The first-order chi connectivity index (χ1) is 9.63. The maximum atomic E-state index is 12.4. The Balaban J connectivity index is 0.00000220. The van der Waals surface area contributed by atoms with E-state index in [2.05, 4.69) is 24.1 Å². The number of hydrogen-bond donors (Lipinski definition) is 1. The second kappa shape index (κ2) is 8.51. The van der Waals surface area contributed by atoms with Crippen LogP contribution in [0.4, 0.5) is 5.69 Å². The van der Waals surface area contributed by atoms with E-state index in [-0.39, 0.29) is 24.4 Å². The molecule has 0 saturated carbocycles. The van der Waals surface area contributed by atoms with Crippen molar-refractivity contribution in [3.8, 4) is 0 Å². The summed E-state index contributed by atoms with van der Waals surface area (Å²) in [5.74, 6) is 1.00. The van der Waals surface area contributed by atoms with E-state index < -0.39 is 0 Å². The summed E-state index contributed by atoms with van der Waals surface area (Å²) in [5, 5.41) is 0. The minimum absolute atomic E-state index is 0. The van der Waals surface area contributed by atoms with Crippen LogP contribution in [0.15, 0.2) is 24.3 Å². The number of thioether (sulfide) groups is 1. The summed E-state index contributed by atoms with van der Waals surface area (Å²) in [6, 6.07) is 7.88. The maximum Gasteiger partial charge on any atom is 0.239 e. The van der Waals surface area contributed by atoms with Crippen LogP contribution in [0.5, 0.6) is 0 Å². The molecule has 1 heterocycles. The predicted octanol–water partition coefficient (Wildman–Crippen LogP) is 1.97. The van der Waals surface area contributed by atoms with Gasteiger partial charge in [0.15, 0.2) is 0 Å². The highest BCUT2D eigenvalue weighted by Crippen LogP contribution is 2.23. The molecule has 118 valence electrons. The van der Waals surface area contributed by atoms with Crippen molar-refractivity contribution in [3.05, 3.63) is 29.8 Å². The molecule has 21 heavy (non-hydrogen) atoms. The highest BCUT2D eigenvalue weighted by Gasteiger charge is 2.24. The molecule has 1 atom stereocenters. The first-order valence-corrected chi connectivity index (χ1v) is 8.35. The van der Waals surface area contributed by atoms with Gasteiger partial charge in [0.1, 0.15) is 0 Å². The van der Waals surface area contributed by atoms with Gasteiger partial charge in [-0.25, -0.2) is 0 Å². The highest BCUT2D eigenvalue weighted by molar-refractivity contribution is 7.98. The summed E-state index contributed by atoms with van der Waals surface area (Å²) in [6.45, 7) is 2.24. The lowest BCUT2D eigenvalue weighted by Crippen LogP contribution is -2.45. The molecule has 2 N–H and O–H groups in total. The first kappa shape index (κ1) is 18.1. The maximum absolute atomic E-state index is 12.4. The number of nitrogens with zero attached hydrogens (tertiary/aromatic N) is 2. The van der Waals surface area contributed by atoms with Crippen LogP contribution in [-0.4, -0.2) is 49.0 Å². The molecule has 1 amide bonds. The van der Waals surface area contributed by atoms with Crippen molar-refractivity contribution in [2.24, 2.45) is 5.73 Å². The van der Waals surface area contributed by atoms with Crippen LogP contribution in [-0.2, 0) is 11.3 Å². The third-order valence-electron chi connectivity index (χ3n) is 3.73. The van der Waals surface area contributed by atoms with Crippen molar-refractivity contribution in [1.29, 1.82) is 0 Å². The Bertz CT molecular complexity index is 472. The van der Waals surface area contributed by atoms with Crippen LogP contribution >= 0.6 is 24.2 Å². The second-order valence-electron chi connectivity index (χ2n) is 5.20. The molecule has 6 heteroatoms. The summed E-state index contributed by atoms with van der Waals surface area (Å²) < 4.78 is 0. The van der Waals surface area contributed by atoms with Crippen molar-refractivity contribution in [1.82, 2.24) is 4.90 Å². The van der Waals surface area contributed by atoms with Crippen LogP contribution in [0, 0.1) is 0 Å². The minimum Gasteiger partial charge on any atom is -0.373 e. The average Bonchev–Trinajstić information content (AvgIpc) is 2.64. The third-order valence-corrected chi connectivity index (χ3v) is 4.38. The van der Waals surface area contributed by atoms with Crippen LogP contribution in [0.3, 0.4) is 0 Å². The largest absolute Gasteiger partial charge is 0.373 e. The number of amides is 1. The Morgan fingerprint density at radius 2 is 2.10 bits per heavy atom. The van der Waals surface area contributed by atoms with E-state index in [1.807, 2.05) is 23.3 Å². The fraction of sp³-hybridized carbons (Fsp3) is 0.533. The monoisotopic (exact) mass is 329 g/mol. The van der Waals surface area contributed by atoms with E-state index in [1.165, 1.54) is 11.3 Å². The van der Waals surface area contributed by atoms with Gasteiger partial charge in [-0.05, 0) is 30.1 Å². The van der Waals surface area contributed by atoms with E-state index in [4.69, 9.17) is 5.73 Å². The number of carbonyl (C=O) groups excluding carboxylic acids is 1. The summed E-state index contributed by atoms with van der Waals surface area (Å²) >= 11 is 1.73. The molecule has 1 aliphatic rings. The van der Waals surface area contributed by atoms with Gasteiger partial charge < -0.3 is 15.5 Å². The van der Waals surface area contributed by atoms with E-state index in [0.717, 1.165) is 25.3 Å². The molecule has 0 fully saturated rings. The van der Waals surface area contributed by atoms with Crippen molar-refractivity contribution < 1.29 is 4.79 Å². The number of nitrogens with two attached hydrogens (primary N) is 1. The van der Waals surface area contributed by atoms with Gasteiger partial charge in [0.2, 0.25) is 5.91 Å². The molecule has 0 bridgehead atoms. The van der Waals surface area contributed by atoms with E-state index in [9.17, 15) is 4.79 Å².